The van der Waals surface area contributed by atoms with Crippen LogP contribution >= 0.6 is 15.9 Å². The highest BCUT2D eigenvalue weighted by Crippen LogP contribution is 2.34. The van der Waals surface area contributed by atoms with Crippen molar-refractivity contribution in [2.75, 3.05) is 25.1 Å². The summed E-state index contributed by atoms with van der Waals surface area (Å²) in [6.07, 6.45) is 4.09. The summed E-state index contributed by atoms with van der Waals surface area (Å²) in [6.45, 7) is -0.474. The fraction of sp³-hybridized carbons (Fsp3) is 0.297. The number of ether oxygens (including phenoxy) is 2. The lowest BCUT2D eigenvalue weighted by Gasteiger charge is -2.34. The van der Waals surface area contributed by atoms with Gasteiger partial charge in [-0.25, -0.2) is 8.42 Å². The van der Waals surface area contributed by atoms with Crippen LogP contribution in [0.1, 0.15) is 36.8 Å². The molecule has 9 nitrogen and oxygen atoms in total. The smallest absolute Gasteiger partial charge is 0.264 e. The van der Waals surface area contributed by atoms with E-state index in [9.17, 15) is 18.0 Å². The van der Waals surface area contributed by atoms with Crippen LogP contribution in [0.25, 0.3) is 0 Å². The molecule has 1 atom stereocenters. The molecule has 5 rings (SSSR count). The quantitative estimate of drug-likeness (QED) is 0.162. The van der Waals surface area contributed by atoms with Crippen LogP contribution in [0.15, 0.2) is 112 Å². The lowest BCUT2D eigenvalue weighted by molar-refractivity contribution is -0.140. The van der Waals surface area contributed by atoms with E-state index in [2.05, 4.69) is 21.2 Å². The number of carbonyl (C=O) groups excluding carboxylic acids is 2. The van der Waals surface area contributed by atoms with Gasteiger partial charge in [0, 0.05) is 29.5 Å². The average molecular weight is 735 g/mol. The number of sulfonamides is 1. The van der Waals surface area contributed by atoms with Gasteiger partial charge >= 0.3 is 0 Å². The third kappa shape index (κ3) is 8.56. The second-order valence-electron chi connectivity index (χ2n) is 11.7. The van der Waals surface area contributed by atoms with Gasteiger partial charge in [0.15, 0.2) is 11.5 Å². The highest BCUT2D eigenvalue weighted by Gasteiger charge is 2.35. The number of methoxy groups -OCH3 is 2. The summed E-state index contributed by atoms with van der Waals surface area (Å²) in [5, 5.41) is 3.20. The molecule has 48 heavy (non-hydrogen) atoms. The van der Waals surface area contributed by atoms with Crippen LogP contribution in [0.2, 0.25) is 0 Å². The molecule has 4 aromatic carbocycles. The van der Waals surface area contributed by atoms with Gasteiger partial charge in [-0.3, -0.25) is 13.9 Å². The van der Waals surface area contributed by atoms with Crippen molar-refractivity contribution in [1.29, 1.82) is 0 Å². The number of hydrogen-bond donors (Lipinski definition) is 1. The zero-order valence-corrected chi connectivity index (χ0v) is 29.5. The second-order valence-corrected chi connectivity index (χ2v) is 14.5. The molecular weight excluding hydrogens is 694 g/mol. The molecular formula is C37H40BrN3O6S. The van der Waals surface area contributed by atoms with Crippen LogP contribution in [0.5, 0.6) is 11.5 Å². The molecule has 0 heterocycles. The van der Waals surface area contributed by atoms with E-state index in [1.165, 1.54) is 37.3 Å². The van der Waals surface area contributed by atoms with E-state index < -0.39 is 28.5 Å². The molecule has 0 radical (unpaired) electrons. The van der Waals surface area contributed by atoms with Crippen molar-refractivity contribution in [3.8, 4) is 11.5 Å². The molecule has 1 aliphatic carbocycles. The Bertz CT molecular complexity index is 1780. The summed E-state index contributed by atoms with van der Waals surface area (Å²) in [5.41, 5.74) is 1.89. The van der Waals surface area contributed by atoms with Gasteiger partial charge < -0.3 is 19.7 Å². The summed E-state index contributed by atoms with van der Waals surface area (Å²) >= 11 is 3.47. The molecule has 4 aromatic rings. The standard InChI is InChI=1S/C37H40BrN3O6S/c1-46-34-22-21-31(24-35(34)47-2)41(48(44,45)32-15-7-4-8-16-32)26-36(42)40(25-28-17-19-29(38)20-18-28)33(23-27-11-5-3-6-12-27)37(43)39-30-13-9-10-14-30/h3-8,11-12,15-22,24,30,33H,9-10,13-14,23,25-26H2,1-2H3,(H,39,43)/t33-/m0/s1. The van der Waals surface area contributed by atoms with Gasteiger partial charge in [0.1, 0.15) is 12.6 Å². The average Bonchev–Trinajstić information content (AvgIpc) is 3.63. The monoisotopic (exact) mass is 733 g/mol. The number of rotatable bonds is 14. The molecule has 0 aromatic heterocycles. The van der Waals surface area contributed by atoms with E-state index in [4.69, 9.17) is 9.47 Å². The zero-order chi connectivity index (χ0) is 34.1. The molecule has 0 unspecified atom stereocenters. The summed E-state index contributed by atoms with van der Waals surface area (Å²) in [4.78, 5) is 30.4. The van der Waals surface area contributed by atoms with Gasteiger partial charge in [-0.15, -0.1) is 0 Å². The van der Waals surface area contributed by atoms with Crippen LogP contribution in [0.3, 0.4) is 0 Å². The number of amides is 2. The van der Waals surface area contributed by atoms with Crippen molar-refractivity contribution in [2.24, 2.45) is 0 Å². The molecule has 1 N–H and O–H groups in total. The zero-order valence-electron chi connectivity index (χ0n) is 27.0. The fourth-order valence-corrected chi connectivity index (χ4v) is 7.63. The maximum atomic E-state index is 14.7. The highest BCUT2D eigenvalue weighted by molar-refractivity contribution is 9.10. The number of anilines is 1. The van der Waals surface area contributed by atoms with Gasteiger partial charge in [-0.2, -0.15) is 0 Å². The van der Waals surface area contributed by atoms with Crippen LogP contribution in [-0.2, 0) is 32.6 Å². The highest BCUT2D eigenvalue weighted by atomic mass is 79.9. The van der Waals surface area contributed by atoms with E-state index >= 15 is 0 Å². The third-order valence-electron chi connectivity index (χ3n) is 8.50. The molecule has 11 heteroatoms. The van der Waals surface area contributed by atoms with Gasteiger partial charge in [0.25, 0.3) is 10.0 Å². The Morgan fingerprint density at radius 3 is 2.08 bits per heavy atom. The molecule has 252 valence electrons. The van der Waals surface area contributed by atoms with Crippen LogP contribution in [0.4, 0.5) is 5.69 Å². The van der Waals surface area contributed by atoms with E-state index in [1.54, 1.807) is 30.3 Å². The first-order valence-corrected chi connectivity index (χ1v) is 18.1. The summed E-state index contributed by atoms with van der Waals surface area (Å²) in [6, 6.07) is 28.8. The van der Waals surface area contributed by atoms with Crippen LogP contribution < -0.4 is 19.1 Å². The van der Waals surface area contributed by atoms with Gasteiger partial charge in [-0.05, 0) is 60.4 Å². The lowest BCUT2D eigenvalue weighted by Crippen LogP contribution is -2.54. The Morgan fingerprint density at radius 2 is 1.46 bits per heavy atom. The van der Waals surface area contributed by atoms with Crippen molar-refractivity contribution in [1.82, 2.24) is 10.2 Å². The number of carbonyl (C=O) groups is 2. The predicted molar refractivity (Wildman–Crippen MR) is 190 cm³/mol. The summed E-state index contributed by atoms with van der Waals surface area (Å²) in [5.74, 6) is -0.0807. The van der Waals surface area contributed by atoms with Gasteiger partial charge in [-0.1, -0.05) is 89.4 Å². The first-order chi connectivity index (χ1) is 23.2. The van der Waals surface area contributed by atoms with Crippen molar-refractivity contribution < 1.29 is 27.5 Å². The minimum Gasteiger partial charge on any atom is -0.493 e. The number of hydrogen-bond acceptors (Lipinski definition) is 6. The minimum atomic E-state index is -4.25. The predicted octanol–water partition coefficient (Wildman–Crippen LogP) is 6.36. The second kappa shape index (κ2) is 16.2. The molecule has 0 bridgehead atoms. The Hall–Kier alpha value is -4.35. The number of benzene rings is 4. The van der Waals surface area contributed by atoms with E-state index in [0.29, 0.717) is 11.5 Å². The molecule has 1 fully saturated rings. The third-order valence-corrected chi connectivity index (χ3v) is 10.8. The number of nitrogens with one attached hydrogen (secondary N) is 1. The maximum Gasteiger partial charge on any atom is 0.264 e. The Balaban J connectivity index is 1.58. The summed E-state index contributed by atoms with van der Waals surface area (Å²) < 4.78 is 41.3. The summed E-state index contributed by atoms with van der Waals surface area (Å²) in [7, 11) is -1.30. The molecule has 0 spiro atoms. The normalized spacial score (nSPS) is 13.8. The van der Waals surface area contributed by atoms with Crippen molar-refractivity contribution in [3.05, 3.63) is 119 Å². The Labute approximate surface area is 291 Å². The van der Waals surface area contributed by atoms with Crippen LogP contribution in [0, 0.1) is 0 Å². The van der Waals surface area contributed by atoms with E-state index in [0.717, 1.165) is 45.6 Å². The lowest BCUT2D eigenvalue weighted by atomic mass is 10.0. The fourth-order valence-electron chi connectivity index (χ4n) is 5.94. The topological polar surface area (TPSA) is 105 Å². The van der Waals surface area contributed by atoms with Gasteiger partial charge in [0.05, 0.1) is 24.8 Å². The SMILES string of the molecule is COc1ccc(N(CC(=O)N(Cc2ccc(Br)cc2)[C@@H](Cc2ccccc2)C(=O)NC2CCCC2)S(=O)(=O)c2ccccc2)cc1OC. The minimum absolute atomic E-state index is 0.0202. The first-order valence-electron chi connectivity index (χ1n) is 15.9. The van der Waals surface area contributed by atoms with Crippen molar-refractivity contribution >= 4 is 43.5 Å². The largest absolute Gasteiger partial charge is 0.493 e. The number of nitrogens with zero attached hydrogens (tertiary/aromatic N) is 2. The molecule has 0 saturated heterocycles. The first kappa shape index (κ1) is 35.0. The molecule has 0 aliphatic heterocycles. The Kier molecular flexibility index (Phi) is 11.8. The Morgan fingerprint density at radius 1 is 0.833 bits per heavy atom. The van der Waals surface area contributed by atoms with E-state index in [1.807, 2.05) is 54.6 Å². The van der Waals surface area contributed by atoms with Crippen molar-refractivity contribution in [3.63, 3.8) is 0 Å². The van der Waals surface area contributed by atoms with Crippen molar-refractivity contribution in [2.45, 2.75) is 55.6 Å². The molecule has 1 saturated carbocycles. The molecule has 1 aliphatic rings. The number of halogens is 1. The van der Waals surface area contributed by atoms with E-state index in [-0.39, 0.29) is 35.5 Å². The van der Waals surface area contributed by atoms with Gasteiger partial charge in [0.2, 0.25) is 11.8 Å². The van der Waals surface area contributed by atoms with Crippen LogP contribution in [-0.4, -0.2) is 58.0 Å². The molecule has 2 amide bonds. The maximum absolute atomic E-state index is 14.7.